The molecule has 0 unspecified atom stereocenters. The molecule has 0 saturated heterocycles. The molecule has 0 saturated carbocycles. The zero-order valence-corrected chi connectivity index (χ0v) is 30.1. The molecule has 0 radical (unpaired) electrons. The van der Waals surface area contributed by atoms with Gasteiger partial charge in [-0.3, -0.25) is 0 Å². The largest absolute Gasteiger partial charge is 0.233 e. The first-order valence-corrected chi connectivity index (χ1v) is 18.6. The lowest BCUT2D eigenvalue weighted by Gasteiger charge is -2.16. The highest BCUT2D eigenvalue weighted by Gasteiger charge is 2.23. The van der Waals surface area contributed by atoms with Crippen molar-refractivity contribution in [1.82, 2.24) is 0 Å². The zero-order chi connectivity index (χ0) is 36.2. The molecular weight excluding hydrogens is 653 g/mol. The van der Waals surface area contributed by atoms with Gasteiger partial charge in [-0.1, -0.05) is 176 Å². The summed E-state index contributed by atoms with van der Waals surface area (Å²) in [5.41, 5.74) is 12.2. The lowest BCUT2D eigenvalue weighted by atomic mass is 9.87. The second-order valence-electron chi connectivity index (χ2n) is 14.2. The molecule has 54 heavy (non-hydrogen) atoms. The smallest absolute Gasteiger partial charge is 0.160 e. The second kappa shape index (κ2) is 12.9. The van der Waals surface area contributed by atoms with E-state index in [0.717, 1.165) is 28.8 Å². The van der Waals surface area contributed by atoms with E-state index < -0.39 is 0 Å². The fourth-order valence-electron chi connectivity index (χ4n) is 8.46. The van der Waals surface area contributed by atoms with Gasteiger partial charge in [-0.05, 0) is 107 Å². The van der Waals surface area contributed by atoms with E-state index in [1.54, 1.807) is 0 Å². The Hall–Kier alpha value is -6.90. The van der Waals surface area contributed by atoms with E-state index >= 15 is 0 Å². The van der Waals surface area contributed by atoms with Gasteiger partial charge in [0.15, 0.2) is 5.84 Å². The average molecular weight is 689 g/mol. The maximum Gasteiger partial charge on any atom is 0.160 e. The molecule has 0 aromatic heterocycles. The number of fused-ring (bicyclic) bond motifs is 11. The van der Waals surface area contributed by atoms with Crippen molar-refractivity contribution in [1.29, 1.82) is 0 Å². The fourth-order valence-corrected chi connectivity index (χ4v) is 8.46. The van der Waals surface area contributed by atoms with Gasteiger partial charge in [0, 0.05) is 11.3 Å². The topological polar surface area (TPSA) is 24.7 Å². The Morgan fingerprint density at radius 3 is 1.78 bits per heavy atom. The van der Waals surface area contributed by atoms with Crippen molar-refractivity contribution >= 4 is 60.3 Å². The first-order chi connectivity index (χ1) is 26.6. The van der Waals surface area contributed by atoms with Gasteiger partial charge in [0.05, 0.1) is 5.70 Å². The molecule has 0 heterocycles. The Morgan fingerprint density at radius 1 is 0.463 bits per heavy atom. The molecule has 1 aliphatic carbocycles. The van der Waals surface area contributed by atoms with Crippen molar-refractivity contribution in [3.8, 4) is 22.3 Å². The number of benzene rings is 9. The van der Waals surface area contributed by atoms with E-state index in [4.69, 9.17) is 9.98 Å². The summed E-state index contributed by atoms with van der Waals surface area (Å²) in [6.07, 6.45) is 0.854. The molecule has 0 bridgehead atoms. The van der Waals surface area contributed by atoms with Crippen LogP contribution in [0.25, 0.3) is 71.0 Å². The van der Waals surface area contributed by atoms with Crippen LogP contribution in [0.15, 0.2) is 192 Å². The van der Waals surface area contributed by atoms with Crippen molar-refractivity contribution in [2.24, 2.45) is 9.98 Å². The second-order valence-corrected chi connectivity index (χ2v) is 14.2. The lowest BCUT2D eigenvalue weighted by molar-refractivity contribution is 1.24. The van der Waals surface area contributed by atoms with Gasteiger partial charge in [-0.2, -0.15) is 0 Å². The summed E-state index contributed by atoms with van der Waals surface area (Å²) < 4.78 is 0. The summed E-state index contributed by atoms with van der Waals surface area (Å²) in [6.45, 7) is 6.45. The molecule has 2 heteroatoms. The number of hydrogen-bond donors (Lipinski definition) is 0. The lowest BCUT2D eigenvalue weighted by Crippen LogP contribution is -2.07. The minimum Gasteiger partial charge on any atom is -0.233 e. The number of amidine groups is 1. The number of nitrogens with zero attached hydrogens (tertiary/aromatic N) is 2. The van der Waals surface area contributed by atoms with Crippen molar-refractivity contribution in [2.45, 2.75) is 13.3 Å². The van der Waals surface area contributed by atoms with Crippen molar-refractivity contribution < 1.29 is 0 Å². The third-order valence-corrected chi connectivity index (χ3v) is 11.1. The molecule has 0 atom stereocenters. The minimum absolute atomic E-state index is 0.676. The van der Waals surface area contributed by atoms with Gasteiger partial charge >= 0.3 is 0 Å². The summed E-state index contributed by atoms with van der Waals surface area (Å²) in [5.74, 6) is 0.676. The van der Waals surface area contributed by atoms with Gasteiger partial charge in [0.2, 0.25) is 0 Å². The summed E-state index contributed by atoms with van der Waals surface area (Å²) in [5, 5.41) is 10.2. The fraction of sp³-hybridized carbons (Fsp3) is 0.0385. The normalized spacial score (nSPS) is 12.8. The Morgan fingerprint density at radius 2 is 1.04 bits per heavy atom. The van der Waals surface area contributed by atoms with Crippen LogP contribution in [0.5, 0.6) is 0 Å². The Kier molecular flexibility index (Phi) is 7.63. The highest BCUT2D eigenvalue weighted by molar-refractivity contribution is 6.33. The van der Waals surface area contributed by atoms with Crippen LogP contribution in [0.3, 0.4) is 0 Å². The summed E-state index contributed by atoms with van der Waals surface area (Å²) in [6, 6.07) is 63.0. The Bertz CT molecular complexity index is 3020. The van der Waals surface area contributed by atoms with E-state index in [0.29, 0.717) is 11.5 Å². The van der Waals surface area contributed by atoms with Gasteiger partial charge in [0.25, 0.3) is 0 Å². The SMILES string of the molecule is C=C(N=C(N=C(C)c1ccc(-c2cc3c4ccccc4c4ccccc4c3c3ccccc23)cc1)c1cccc2c1Cc1ccccc1-2)c1ccccc1. The number of aliphatic imine (C=N–C) groups is 2. The summed E-state index contributed by atoms with van der Waals surface area (Å²) >= 11 is 0. The molecular formula is C52H36N2. The molecule has 10 rings (SSSR count). The summed E-state index contributed by atoms with van der Waals surface area (Å²) in [7, 11) is 0. The van der Waals surface area contributed by atoms with Crippen LogP contribution in [-0.4, -0.2) is 11.5 Å². The van der Waals surface area contributed by atoms with Crippen LogP contribution >= 0.6 is 0 Å². The third-order valence-electron chi connectivity index (χ3n) is 11.1. The monoisotopic (exact) mass is 688 g/mol. The van der Waals surface area contributed by atoms with Crippen LogP contribution in [0.2, 0.25) is 0 Å². The molecule has 1 aliphatic rings. The van der Waals surface area contributed by atoms with Crippen LogP contribution in [-0.2, 0) is 6.42 Å². The highest BCUT2D eigenvalue weighted by Crippen LogP contribution is 2.43. The van der Waals surface area contributed by atoms with Crippen LogP contribution in [0.4, 0.5) is 0 Å². The average Bonchev–Trinajstić information content (AvgIpc) is 3.62. The molecule has 9 aromatic carbocycles. The van der Waals surface area contributed by atoms with Gasteiger partial charge in [-0.15, -0.1) is 0 Å². The molecule has 0 aliphatic heterocycles. The van der Waals surface area contributed by atoms with Crippen LogP contribution in [0, 0.1) is 0 Å². The molecule has 254 valence electrons. The first-order valence-electron chi connectivity index (χ1n) is 18.6. The standard InChI is InChI=1S/C52H36N2/c1-33(35-15-4-3-5-16-35)53-52(47-26-14-25-40-39-18-7-6-17-38(39)31-49(40)47)54-34(2)36-27-29-37(30-28-36)48-32-50-43-21-9-8-19-41(43)42-20-10-12-23-45(42)51(50)46-24-13-11-22-44(46)48/h3-30,32H,1,31H2,2H3. The maximum atomic E-state index is 5.28. The van der Waals surface area contributed by atoms with Crippen molar-refractivity contribution in [3.05, 3.63) is 210 Å². The van der Waals surface area contributed by atoms with E-state index in [1.807, 2.05) is 30.3 Å². The third kappa shape index (κ3) is 5.26. The number of rotatable bonds is 5. The van der Waals surface area contributed by atoms with E-state index in [1.165, 1.54) is 76.5 Å². The minimum atomic E-state index is 0.676. The Labute approximate surface area is 315 Å². The van der Waals surface area contributed by atoms with E-state index in [-0.39, 0.29) is 0 Å². The molecule has 9 aromatic rings. The number of hydrogen-bond acceptors (Lipinski definition) is 1. The van der Waals surface area contributed by atoms with Crippen molar-refractivity contribution in [2.75, 3.05) is 0 Å². The molecule has 0 fully saturated rings. The summed E-state index contributed by atoms with van der Waals surface area (Å²) in [4.78, 5) is 10.4. The van der Waals surface area contributed by atoms with E-state index in [2.05, 4.69) is 159 Å². The zero-order valence-electron chi connectivity index (χ0n) is 30.1. The van der Waals surface area contributed by atoms with Crippen molar-refractivity contribution in [3.63, 3.8) is 0 Å². The van der Waals surface area contributed by atoms with Gasteiger partial charge in [-0.25, -0.2) is 9.98 Å². The molecule has 2 nitrogen and oxygen atoms in total. The molecule has 0 N–H and O–H groups in total. The van der Waals surface area contributed by atoms with Gasteiger partial charge in [0.1, 0.15) is 0 Å². The predicted octanol–water partition coefficient (Wildman–Crippen LogP) is 13.5. The predicted molar refractivity (Wildman–Crippen MR) is 231 cm³/mol. The molecule has 0 spiro atoms. The van der Waals surface area contributed by atoms with E-state index in [9.17, 15) is 0 Å². The Balaban J connectivity index is 1.09. The maximum absolute atomic E-state index is 5.28. The van der Waals surface area contributed by atoms with Gasteiger partial charge < -0.3 is 0 Å². The first kappa shape index (κ1) is 31.8. The highest BCUT2D eigenvalue weighted by atomic mass is 14.9. The quantitative estimate of drug-likeness (QED) is 0.0977. The van der Waals surface area contributed by atoms with Crippen LogP contribution < -0.4 is 0 Å². The molecule has 0 amide bonds. The van der Waals surface area contributed by atoms with Crippen LogP contribution in [0.1, 0.15) is 34.7 Å².